The summed E-state index contributed by atoms with van der Waals surface area (Å²) in [4.78, 5) is 11.8. The maximum atomic E-state index is 11.8. The van der Waals surface area contributed by atoms with Crippen molar-refractivity contribution in [2.75, 3.05) is 0 Å². The highest BCUT2D eigenvalue weighted by atomic mass is 35.5. The SMILES string of the molecule is CCC(CC)C(=O)Oc1cc(Cl)c(Cl)cc1Cl. The molecule has 0 unspecified atom stereocenters. The Kier molecular flexibility index (Phi) is 5.57. The monoisotopic (exact) mass is 294 g/mol. The standard InChI is InChI=1S/C12H13Cl3O2/c1-3-7(4-2)12(16)17-11-6-9(14)8(13)5-10(11)15/h5-7H,3-4H2,1-2H3. The van der Waals surface area contributed by atoms with E-state index in [-0.39, 0.29) is 22.7 Å². The Morgan fingerprint density at radius 1 is 1.12 bits per heavy atom. The van der Waals surface area contributed by atoms with Crippen LogP contribution in [0.5, 0.6) is 5.75 Å². The topological polar surface area (TPSA) is 26.3 Å². The molecule has 0 saturated carbocycles. The molecule has 0 atom stereocenters. The van der Waals surface area contributed by atoms with E-state index in [0.29, 0.717) is 10.0 Å². The van der Waals surface area contributed by atoms with Gasteiger partial charge in [0.15, 0.2) is 5.75 Å². The molecule has 0 spiro atoms. The lowest BCUT2D eigenvalue weighted by Crippen LogP contribution is -2.19. The minimum atomic E-state index is -0.296. The zero-order valence-corrected chi connectivity index (χ0v) is 11.9. The van der Waals surface area contributed by atoms with Crippen LogP contribution < -0.4 is 4.74 Å². The van der Waals surface area contributed by atoms with E-state index in [2.05, 4.69) is 0 Å². The van der Waals surface area contributed by atoms with Crippen LogP contribution in [0.2, 0.25) is 15.1 Å². The summed E-state index contributed by atoms with van der Waals surface area (Å²) in [5.41, 5.74) is 0. The van der Waals surface area contributed by atoms with E-state index in [1.54, 1.807) is 0 Å². The molecule has 0 aromatic heterocycles. The van der Waals surface area contributed by atoms with Gasteiger partial charge in [0.1, 0.15) is 0 Å². The largest absolute Gasteiger partial charge is 0.425 e. The van der Waals surface area contributed by atoms with Crippen molar-refractivity contribution in [2.45, 2.75) is 26.7 Å². The van der Waals surface area contributed by atoms with Crippen molar-refractivity contribution in [3.05, 3.63) is 27.2 Å². The smallest absolute Gasteiger partial charge is 0.314 e. The molecule has 5 heteroatoms. The summed E-state index contributed by atoms with van der Waals surface area (Å²) >= 11 is 17.5. The van der Waals surface area contributed by atoms with Gasteiger partial charge in [0.25, 0.3) is 0 Å². The third kappa shape index (κ3) is 3.77. The summed E-state index contributed by atoms with van der Waals surface area (Å²) < 4.78 is 5.21. The maximum absolute atomic E-state index is 11.8. The molecule has 0 N–H and O–H groups in total. The number of hydrogen-bond donors (Lipinski definition) is 0. The Morgan fingerprint density at radius 2 is 1.65 bits per heavy atom. The molecular weight excluding hydrogens is 282 g/mol. The molecule has 0 bridgehead atoms. The van der Waals surface area contributed by atoms with Gasteiger partial charge in [-0.1, -0.05) is 48.7 Å². The molecule has 2 nitrogen and oxygen atoms in total. The molecule has 0 heterocycles. The van der Waals surface area contributed by atoms with Gasteiger partial charge in [-0.25, -0.2) is 0 Å². The molecule has 0 aliphatic carbocycles. The minimum Gasteiger partial charge on any atom is -0.425 e. The minimum absolute atomic E-state index is 0.125. The number of benzene rings is 1. The lowest BCUT2D eigenvalue weighted by Gasteiger charge is -2.13. The molecule has 0 aliphatic heterocycles. The summed E-state index contributed by atoms with van der Waals surface area (Å²) in [5.74, 6) is -0.172. The number of rotatable bonds is 4. The van der Waals surface area contributed by atoms with Gasteiger partial charge in [0.05, 0.1) is 21.0 Å². The van der Waals surface area contributed by atoms with Crippen LogP contribution in [0.3, 0.4) is 0 Å². The number of carbonyl (C=O) groups excluding carboxylic acids is 1. The predicted octanol–water partition coefficient (Wildman–Crippen LogP) is 4.99. The van der Waals surface area contributed by atoms with Gasteiger partial charge < -0.3 is 4.74 Å². The molecule has 0 aliphatic rings. The molecule has 0 fully saturated rings. The van der Waals surface area contributed by atoms with E-state index >= 15 is 0 Å². The van der Waals surface area contributed by atoms with Crippen LogP contribution >= 0.6 is 34.8 Å². The van der Waals surface area contributed by atoms with E-state index in [9.17, 15) is 4.79 Å². The number of ether oxygens (including phenoxy) is 1. The third-order valence-electron chi connectivity index (χ3n) is 2.50. The molecule has 1 aromatic rings. The number of hydrogen-bond acceptors (Lipinski definition) is 2. The van der Waals surface area contributed by atoms with Crippen molar-refractivity contribution in [1.82, 2.24) is 0 Å². The summed E-state index contributed by atoms with van der Waals surface area (Å²) in [6.45, 7) is 3.87. The maximum Gasteiger partial charge on any atom is 0.314 e. The molecular formula is C12H13Cl3O2. The fraction of sp³-hybridized carbons (Fsp3) is 0.417. The van der Waals surface area contributed by atoms with E-state index in [4.69, 9.17) is 39.5 Å². The van der Waals surface area contributed by atoms with E-state index < -0.39 is 0 Å². The van der Waals surface area contributed by atoms with E-state index in [1.165, 1.54) is 12.1 Å². The first-order valence-corrected chi connectivity index (χ1v) is 6.49. The average molecular weight is 296 g/mol. The van der Waals surface area contributed by atoms with Gasteiger partial charge in [-0.05, 0) is 18.9 Å². The molecule has 1 aromatic carbocycles. The average Bonchev–Trinajstić information content (AvgIpc) is 2.27. The van der Waals surface area contributed by atoms with Crippen LogP contribution in [0.25, 0.3) is 0 Å². The van der Waals surface area contributed by atoms with Gasteiger partial charge in [0.2, 0.25) is 0 Å². The van der Waals surface area contributed by atoms with Crippen LogP contribution in [0.4, 0.5) is 0 Å². The molecule has 0 radical (unpaired) electrons. The van der Waals surface area contributed by atoms with Crippen LogP contribution in [0.1, 0.15) is 26.7 Å². The van der Waals surface area contributed by atoms with Crippen molar-refractivity contribution < 1.29 is 9.53 Å². The zero-order chi connectivity index (χ0) is 13.0. The highest BCUT2D eigenvalue weighted by Crippen LogP contribution is 2.34. The first-order valence-electron chi connectivity index (χ1n) is 5.35. The second kappa shape index (κ2) is 6.48. The van der Waals surface area contributed by atoms with Crippen molar-refractivity contribution in [2.24, 2.45) is 5.92 Å². The third-order valence-corrected chi connectivity index (χ3v) is 3.52. The Labute approximate surface area is 116 Å². The summed E-state index contributed by atoms with van der Waals surface area (Å²) in [6.07, 6.45) is 1.46. The Balaban J connectivity index is 2.88. The first kappa shape index (κ1) is 14.6. The fourth-order valence-corrected chi connectivity index (χ4v) is 1.97. The van der Waals surface area contributed by atoms with Gasteiger partial charge in [0, 0.05) is 6.07 Å². The molecule has 0 amide bonds. The van der Waals surface area contributed by atoms with E-state index in [0.717, 1.165) is 12.8 Å². The number of halogens is 3. The second-order valence-electron chi connectivity index (χ2n) is 3.63. The summed E-state index contributed by atoms with van der Waals surface area (Å²) in [5, 5.41) is 0.918. The van der Waals surface area contributed by atoms with Crippen LogP contribution in [0, 0.1) is 5.92 Å². The Morgan fingerprint density at radius 3 is 2.18 bits per heavy atom. The zero-order valence-electron chi connectivity index (χ0n) is 9.60. The summed E-state index contributed by atoms with van der Waals surface area (Å²) in [7, 11) is 0. The quantitative estimate of drug-likeness (QED) is 0.444. The van der Waals surface area contributed by atoms with Crippen molar-refractivity contribution in [1.29, 1.82) is 0 Å². The normalized spacial score (nSPS) is 10.7. The number of carbonyl (C=O) groups is 1. The molecule has 94 valence electrons. The van der Waals surface area contributed by atoms with Crippen LogP contribution in [-0.4, -0.2) is 5.97 Å². The molecule has 1 rings (SSSR count). The van der Waals surface area contributed by atoms with E-state index in [1.807, 2.05) is 13.8 Å². The van der Waals surface area contributed by atoms with Gasteiger partial charge >= 0.3 is 5.97 Å². The Hall–Kier alpha value is -0.440. The Bertz CT molecular complexity index is 414. The molecule has 17 heavy (non-hydrogen) atoms. The van der Waals surface area contributed by atoms with Gasteiger partial charge in [-0.15, -0.1) is 0 Å². The highest BCUT2D eigenvalue weighted by Gasteiger charge is 2.18. The predicted molar refractivity (Wildman–Crippen MR) is 71.2 cm³/mol. The second-order valence-corrected chi connectivity index (χ2v) is 4.85. The lowest BCUT2D eigenvalue weighted by molar-refractivity contribution is -0.139. The van der Waals surface area contributed by atoms with Crippen molar-refractivity contribution >= 4 is 40.8 Å². The van der Waals surface area contributed by atoms with Crippen LogP contribution in [-0.2, 0) is 4.79 Å². The molecule has 0 saturated heterocycles. The fourth-order valence-electron chi connectivity index (χ4n) is 1.40. The van der Waals surface area contributed by atoms with Gasteiger partial charge in [-0.3, -0.25) is 4.79 Å². The highest BCUT2D eigenvalue weighted by molar-refractivity contribution is 6.43. The summed E-state index contributed by atoms with van der Waals surface area (Å²) in [6, 6.07) is 2.91. The van der Waals surface area contributed by atoms with Crippen molar-refractivity contribution in [3.8, 4) is 5.75 Å². The van der Waals surface area contributed by atoms with Crippen molar-refractivity contribution in [3.63, 3.8) is 0 Å². The lowest BCUT2D eigenvalue weighted by atomic mass is 10.0. The first-order chi connectivity index (χ1) is 7.99. The number of esters is 1. The van der Waals surface area contributed by atoms with Gasteiger partial charge in [-0.2, -0.15) is 0 Å². The van der Waals surface area contributed by atoms with Crippen LogP contribution in [0.15, 0.2) is 12.1 Å².